The van der Waals surface area contributed by atoms with E-state index in [0.29, 0.717) is 11.6 Å². The van der Waals surface area contributed by atoms with Crippen LogP contribution >= 0.6 is 0 Å². The average Bonchev–Trinajstić information content (AvgIpc) is 2.92. The number of likely N-dealkylation sites (tertiary alicyclic amines) is 1. The standard InChI is InChI=1S/C15H23N3O2/c1-4-17(5-2)13-7-9-18(11-13)15(20)12-6-8-16(3)14(19)10-12/h6,8,10,13H,4-5,7,9,11H2,1-3H3. The van der Waals surface area contributed by atoms with Crippen LogP contribution in [0, 0.1) is 0 Å². The Morgan fingerprint density at radius 1 is 1.40 bits per heavy atom. The molecular formula is C15H23N3O2. The molecule has 1 atom stereocenters. The molecular weight excluding hydrogens is 254 g/mol. The van der Waals surface area contributed by atoms with Gasteiger partial charge in [-0.15, -0.1) is 0 Å². The summed E-state index contributed by atoms with van der Waals surface area (Å²) in [6, 6.07) is 3.59. The number of hydrogen-bond acceptors (Lipinski definition) is 3. The summed E-state index contributed by atoms with van der Waals surface area (Å²) >= 11 is 0. The summed E-state index contributed by atoms with van der Waals surface area (Å²) in [6.07, 6.45) is 2.66. The van der Waals surface area contributed by atoms with Crippen molar-refractivity contribution in [2.75, 3.05) is 26.2 Å². The zero-order valence-electron chi connectivity index (χ0n) is 12.5. The van der Waals surface area contributed by atoms with Crippen molar-refractivity contribution >= 4 is 5.91 Å². The van der Waals surface area contributed by atoms with Gasteiger partial charge in [0.1, 0.15) is 0 Å². The number of pyridine rings is 1. The van der Waals surface area contributed by atoms with E-state index in [9.17, 15) is 9.59 Å². The van der Waals surface area contributed by atoms with Gasteiger partial charge in [-0.25, -0.2) is 0 Å². The highest BCUT2D eigenvalue weighted by Gasteiger charge is 2.29. The Kier molecular flexibility index (Phi) is 4.60. The van der Waals surface area contributed by atoms with E-state index in [1.807, 2.05) is 4.90 Å². The van der Waals surface area contributed by atoms with E-state index in [1.165, 1.54) is 10.6 Å². The van der Waals surface area contributed by atoms with Gasteiger partial charge in [-0.2, -0.15) is 0 Å². The van der Waals surface area contributed by atoms with Gasteiger partial charge in [-0.1, -0.05) is 13.8 Å². The Bertz CT molecular complexity index is 534. The van der Waals surface area contributed by atoms with E-state index >= 15 is 0 Å². The lowest BCUT2D eigenvalue weighted by Gasteiger charge is -2.26. The second-order valence-corrected chi connectivity index (χ2v) is 5.28. The van der Waals surface area contributed by atoms with Gasteiger partial charge in [0.25, 0.3) is 11.5 Å². The summed E-state index contributed by atoms with van der Waals surface area (Å²) in [5.74, 6) is -0.0302. The average molecular weight is 277 g/mol. The number of rotatable bonds is 4. The molecule has 0 saturated carbocycles. The molecule has 1 amide bonds. The molecule has 2 rings (SSSR count). The Labute approximate surface area is 119 Å². The molecule has 1 unspecified atom stereocenters. The monoisotopic (exact) mass is 277 g/mol. The third kappa shape index (κ3) is 2.93. The number of carbonyl (C=O) groups is 1. The van der Waals surface area contributed by atoms with Crippen molar-refractivity contribution in [1.29, 1.82) is 0 Å². The van der Waals surface area contributed by atoms with Crippen molar-refractivity contribution in [2.45, 2.75) is 26.3 Å². The van der Waals surface area contributed by atoms with Crippen molar-refractivity contribution in [3.8, 4) is 0 Å². The second-order valence-electron chi connectivity index (χ2n) is 5.28. The second kappa shape index (κ2) is 6.22. The number of hydrogen-bond donors (Lipinski definition) is 0. The minimum absolute atomic E-state index is 0.0302. The van der Waals surface area contributed by atoms with Gasteiger partial charge in [0.2, 0.25) is 0 Å². The van der Waals surface area contributed by atoms with Crippen molar-refractivity contribution < 1.29 is 4.79 Å². The fourth-order valence-corrected chi connectivity index (χ4v) is 2.83. The summed E-state index contributed by atoms with van der Waals surface area (Å²) < 4.78 is 1.47. The summed E-state index contributed by atoms with van der Waals surface area (Å²) in [6.45, 7) is 7.85. The van der Waals surface area contributed by atoms with Crippen LogP contribution in [0.25, 0.3) is 0 Å². The molecule has 110 valence electrons. The highest BCUT2D eigenvalue weighted by Crippen LogP contribution is 2.17. The van der Waals surface area contributed by atoms with Crippen molar-refractivity contribution in [1.82, 2.24) is 14.4 Å². The van der Waals surface area contributed by atoms with E-state index in [4.69, 9.17) is 0 Å². The Balaban J connectivity index is 2.07. The van der Waals surface area contributed by atoms with Crippen molar-refractivity contribution in [3.63, 3.8) is 0 Å². The lowest BCUT2D eigenvalue weighted by atomic mass is 10.2. The number of amides is 1. The quantitative estimate of drug-likeness (QED) is 0.823. The topological polar surface area (TPSA) is 45.5 Å². The fourth-order valence-electron chi connectivity index (χ4n) is 2.83. The highest BCUT2D eigenvalue weighted by molar-refractivity contribution is 5.94. The minimum atomic E-state index is -0.143. The molecule has 1 fully saturated rings. The van der Waals surface area contributed by atoms with Crippen LogP contribution in [0.3, 0.4) is 0 Å². The maximum Gasteiger partial charge on any atom is 0.254 e. The van der Waals surface area contributed by atoms with E-state index in [0.717, 1.165) is 32.6 Å². The zero-order chi connectivity index (χ0) is 14.7. The molecule has 20 heavy (non-hydrogen) atoms. The van der Waals surface area contributed by atoms with E-state index in [2.05, 4.69) is 18.7 Å². The number of aromatic nitrogens is 1. The molecule has 0 N–H and O–H groups in total. The summed E-state index contributed by atoms with van der Waals surface area (Å²) in [7, 11) is 1.68. The van der Waals surface area contributed by atoms with Crippen LogP contribution in [-0.4, -0.2) is 52.5 Å². The van der Waals surface area contributed by atoms with Gasteiger partial charge >= 0.3 is 0 Å². The molecule has 0 bridgehead atoms. The van der Waals surface area contributed by atoms with Crippen LogP contribution in [0.4, 0.5) is 0 Å². The predicted molar refractivity (Wildman–Crippen MR) is 78.9 cm³/mol. The van der Waals surface area contributed by atoms with Gasteiger partial charge in [0, 0.05) is 44.0 Å². The molecule has 5 nitrogen and oxygen atoms in total. The fraction of sp³-hybridized carbons (Fsp3) is 0.600. The first kappa shape index (κ1) is 14.8. The molecule has 1 aliphatic rings. The first-order valence-corrected chi connectivity index (χ1v) is 7.26. The van der Waals surface area contributed by atoms with Gasteiger partial charge in [0.15, 0.2) is 0 Å². The smallest absolute Gasteiger partial charge is 0.254 e. The Morgan fingerprint density at radius 2 is 2.10 bits per heavy atom. The largest absolute Gasteiger partial charge is 0.337 e. The number of aryl methyl sites for hydroxylation is 1. The number of likely N-dealkylation sites (N-methyl/N-ethyl adjacent to an activating group) is 1. The lowest BCUT2D eigenvalue weighted by molar-refractivity contribution is 0.0777. The molecule has 0 radical (unpaired) electrons. The van der Waals surface area contributed by atoms with Crippen LogP contribution in [0.2, 0.25) is 0 Å². The highest BCUT2D eigenvalue weighted by atomic mass is 16.2. The van der Waals surface area contributed by atoms with Crippen molar-refractivity contribution in [3.05, 3.63) is 34.2 Å². The summed E-state index contributed by atoms with van der Waals surface area (Å²) in [5, 5.41) is 0. The SMILES string of the molecule is CCN(CC)C1CCN(C(=O)c2ccn(C)c(=O)c2)C1. The van der Waals surface area contributed by atoms with Crippen LogP contribution < -0.4 is 5.56 Å². The first-order valence-electron chi connectivity index (χ1n) is 7.26. The molecule has 5 heteroatoms. The van der Waals surface area contributed by atoms with E-state index in [-0.39, 0.29) is 11.5 Å². The normalized spacial score (nSPS) is 18.8. The Morgan fingerprint density at radius 3 is 2.70 bits per heavy atom. The molecule has 0 spiro atoms. The van der Waals surface area contributed by atoms with Gasteiger partial charge in [-0.05, 0) is 25.6 Å². The summed E-state index contributed by atoms with van der Waals surface area (Å²) in [4.78, 5) is 28.3. The predicted octanol–water partition coefficient (Wildman–Crippen LogP) is 0.942. The van der Waals surface area contributed by atoms with Crippen molar-refractivity contribution in [2.24, 2.45) is 7.05 Å². The minimum Gasteiger partial charge on any atom is -0.337 e. The number of nitrogens with zero attached hydrogens (tertiary/aromatic N) is 3. The van der Waals surface area contributed by atoms with Gasteiger partial charge < -0.3 is 9.47 Å². The molecule has 1 aromatic heterocycles. The van der Waals surface area contributed by atoms with E-state index in [1.54, 1.807) is 19.3 Å². The lowest BCUT2D eigenvalue weighted by Crippen LogP contribution is -2.38. The number of carbonyl (C=O) groups excluding carboxylic acids is 1. The third-order valence-corrected chi connectivity index (χ3v) is 4.13. The molecule has 0 aromatic carbocycles. The van der Waals surface area contributed by atoms with Crippen LogP contribution in [0.1, 0.15) is 30.6 Å². The first-order chi connectivity index (χ1) is 9.56. The van der Waals surface area contributed by atoms with E-state index < -0.39 is 0 Å². The van der Waals surface area contributed by atoms with Crippen LogP contribution in [0.5, 0.6) is 0 Å². The third-order valence-electron chi connectivity index (χ3n) is 4.13. The maximum absolute atomic E-state index is 12.4. The van der Waals surface area contributed by atoms with Gasteiger partial charge in [0.05, 0.1) is 0 Å². The van der Waals surface area contributed by atoms with Crippen LogP contribution in [-0.2, 0) is 7.05 Å². The molecule has 0 aliphatic carbocycles. The van der Waals surface area contributed by atoms with Crippen LogP contribution in [0.15, 0.2) is 23.1 Å². The Hall–Kier alpha value is -1.62. The van der Waals surface area contributed by atoms with Gasteiger partial charge in [-0.3, -0.25) is 14.5 Å². The zero-order valence-corrected chi connectivity index (χ0v) is 12.5. The molecule has 2 heterocycles. The molecule has 1 saturated heterocycles. The summed E-state index contributed by atoms with van der Waals surface area (Å²) in [5.41, 5.74) is 0.351. The molecule has 1 aliphatic heterocycles. The molecule has 1 aromatic rings. The maximum atomic E-state index is 12.4.